The zero-order valence-corrected chi connectivity index (χ0v) is 11.1. The molecule has 5 nitrogen and oxygen atoms in total. The van der Waals surface area contributed by atoms with Gasteiger partial charge in [0.25, 0.3) is 0 Å². The summed E-state index contributed by atoms with van der Waals surface area (Å²) >= 11 is 0. The van der Waals surface area contributed by atoms with Crippen LogP contribution in [0.4, 0.5) is 0 Å². The van der Waals surface area contributed by atoms with Gasteiger partial charge in [-0.25, -0.2) is 4.98 Å². The van der Waals surface area contributed by atoms with E-state index in [-0.39, 0.29) is 12.0 Å². The number of carbonyl (C=O) groups excluding carboxylic acids is 1. The standard InChI is InChI=1S/C13H20N2O3/c1-4-11(13(16)18-5-2)15-9-10-7-6-8-14-12(10)17-3/h6-8,11,15H,4-5,9H2,1-3H3. The van der Waals surface area contributed by atoms with Crippen molar-refractivity contribution in [2.45, 2.75) is 32.9 Å². The van der Waals surface area contributed by atoms with Crippen LogP contribution in [-0.4, -0.2) is 30.7 Å². The van der Waals surface area contributed by atoms with E-state index in [1.54, 1.807) is 20.2 Å². The van der Waals surface area contributed by atoms with E-state index in [1.165, 1.54) is 0 Å². The Morgan fingerprint density at radius 2 is 2.28 bits per heavy atom. The van der Waals surface area contributed by atoms with Crippen LogP contribution >= 0.6 is 0 Å². The predicted octanol–water partition coefficient (Wildman–Crippen LogP) is 1.52. The Morgan fingerprint density at radius 1 is 1.50 bits per heavy atom. The monoisotopic (exact) mass is 252 g/mol. The molecule has 1 rings (SSSR count). The molecule has 1 N–H and O–H groups in total. The molecule has 0 aliphatic rings. The summed E-state index contributed by atoms with van der Waals surface area (Å²) < 4.78 is 10.1. The number of nitrogens with one attached hydrogen (secondary N) is 1. The molecule has 1 unspecified atom stereocenters. The molecule has 0 bridgehead atoms. The topological polar surface area (TPSA) is 60.5 Å². The summed E-state index contributed by atoms with van der Waals surface area (Å²) in [7, 11) is 1.58. The number of aromatic nitrogens is 1. The quantitative estimate of drug-likeness (QED) is 0.746. The SMILES string of the molecule is CCOC(=O)C(CC)NCc1cccnc1OC. The number of ether oxygens (including phenoxy) is 2. The van der Waals surface area contributed by atoms with Crippen LogP contribution in [0, 0.1) is 0 Å². The lowest BCUT2D eigenvalue weighted by Gasteiger charge is -2.16. The average molecular weight is 252 g/mol. The maximum Gasteiger partial charge on any atom is 0.323 e. The number of nitrogens with zero attached hydrogens (tertiary/aromatic N) is 1. The van der Waals surface area contributed by atoms with Gasteiger partial charge in [-0.05, 0) is 19.4 Å². The van der Waals surface area contributed by atoms with Crippen molar-refractivity contribution in [1.82, 2.24) is 10.3 Å². The zero-order valence-electron chi connectivity index (χ0n) is 11.1. The second-order valence-electron chi connectivity index (χ2n) is 3.77. The zero-order chi connectivity index (χ0) is 13.4. The van der Waals surface area contributed by atoms with Crippen molar-refractivity contribution in [2.75, 3.05) is 13.7 Å². The van der Waals surface area contributed by atoms with Crippen molar-refractivity contribution in [2.24, 2.45) is 0 Å². The van der Waals surface area contributed by atoms with E-state index >= 15 is 0 Å². The number of hydrogen-bond acceptors (Lipinski definition) is 5. The summed E-state index contributed by atoms with van der Waals surface area (Å²) in [6.45, 7) is 4.66. The number of carbonyl (C=O) groups is 1. The first kappa shape index (κ1) is 14.4. The van der Waals surface area contributed by atoms with Crippen LogP contribution in [0.5, 0.6) is 5.88 Å². The van der Waals surface area contributed by atoms with Gasteiger partial charge >= 0.3 is 5.97 Å². The lowest BCUT2D eigenvalue weighted by atomic mass is 10.2. The average Bonchev–Trinajstić information content (AvgIpc) is 2.40. The third-order valence-corrected chi connectivity index (χ3v) is 2.56. The minimum absolute atomic E-state index is 0.220. The minimum Gasteiger partial charge on any atom is -0.481 e. The first-order valence-corrected chi connectivity index (χ1v) is 6.10. The van der Waals surface area contributed by atoms with Crippen LogP contribution in [0.1, 0.15) is 25.8 Å². The fourth-order valence-electron chi connectivity index (χ4n) is 1.61. The van der Waals surface area contributed by atoms with E-state index in [9.17, 15) is 4.79 Å². The van der Waals surface area contributed by atoms with Crippen molar-refractivity contribution < 1.29 is 14.3 Å². The molecule has 0 aliphatic heterocycles. The second kappa shape index (κ2) is 7.66. The number of methoxy groups -OCH3 is 1. The third kappa shape index (κ3) is 4.00. The van der Waals surface area contributed by atoms with Gasteiger partial charge in [0.2, 0.25) is 5.88 Å². The number of rotatable bonds is 7. The largest absolute Gasteiger partial charge is 0.481 e. The number of hydrogen-bond donors (Lipinski definition) is 1. The van der Waals surface area contributed by atoms with Gasteiger partial charge in [-0.3, -0.25) is 4.79 Å². The van der Waals surface area contributed by atoms with Crippen LogP contribution in [0.3, 0.4) is 0 Å². The van der Waals surface area contributed by atoms with Gasteiger partial charge in [0.1, 0.15) is 6.04 Å². The Morgan fingerprint density at radius 3 is 2.89 bits per heavy atom. The Hall–Kier alpha value is -1.62. The molecule has 0 amide bonds. The summed E-state index contributed by atoms with van der Waals surface area (Å²) in [5, 5.41) is 3.15. The molecule has 0 aliphatic carbocycles. The van der Waals surface area contributed by atoms with E-state index < -0.39 is 0 Å². The second-order valence-corrected chi connectivity index (χ2v) is 3.77. The molecule has 1 aromatic heterocycles. The summed E-state index contributed by atoms with van der Waals surface area (Å²) in [6, 6.07) is 3.46. The van der Waals surface area contributed by atoms with Crippen LogP contribution in [0.2, 0.25) is 0 Å². The van der Waals surface area contributed by atoms with E-state index in [4.69, 9.17) is 9.47 Å². The normalized spacial score (nSPS) is 11.9. The van der Waals surface area contributed by atoms with Gasteiger partial charge in [0, 0.05) is 18.3 Å². The molecule has 5 heteroatoms. The van der Waals surface area contributed by atoms with Crippen molar-refractivity contribution in [3.8, 4) is 5.88 Å². The minimum atomic E-state index is -0.296. The first-order valence-electron chi connectivity index (χ1n) is 6.10. The summed E-state index contributed by atoms with van der Waals surface area (Å²) in [5.41, 5.74) is 0.919. The Kier molecular flexibility index (Phi) is 6.14. The molecular formula is C13H20N2O3. The van der Waals surface area contributed by atoms with E-state index in [2.05, 4.69) is 10.3 Å². The van der Waals surface area contributed by atoms with E-state index in [0.717, 1.165) is 5.56 Å². The molecule has 0 saturated heterocycles. The highest BCUT2D eigenvalue weighted by molar-refractivity contribution is 5.75. The highest BCUT2D eigenvalue weighted by Gasteiger charge is 2.17. The van der Waals surface area contributed by atoms with Crippen molar-refractivity contribution in [3.63, 3.8) is 0 Å². The van der Waals surface area contributed by atoms with Crippen molar-refractivity contribution in [3.05, 3.63) is 23.9 Å². The van der Waals surface area contributed by atoms with Gasteiger partial charge in [-0.1, -0.05) is 13.0 Å². The molecule has 0 saturated carbocycles. The Labute approximate surface area is 108 Å². The maximum absolute atomic E-state index is 11.6. The summed E-state index contributed by atoms with van der Waals surface area (Å²) in [4.78, 5) is 15.7. The fraction of sp³-hybridized carbons (Fsp3) is 0.538. The molecule has 0 spiro atoms. The van der Waals surface area contributed by atoms with Crippen molar-refractivity contribution >= 4 is 5.97 Å². The molecule has 1 atom stereocenters. The highest BCUT2D eigenvalue weighted by Crippen LogP contribution is 2.13. The fourth-order valence-corrected chi connectivity index (χ4v) is 1.61. The van der Waals surface area contributed by atoms with Gasteiger partial charge in [0.15, 0.2) is 0 Å². The lowest BCUT2D eigenvalue weighted by Crippen LogP contribution is -2.37. The number of pyridine rings is 1. The molecule has 100 valence electrons. The van der Waals surface area contributed by atoms with Crippen LogP contribution in [0.25, 0.3) is 0 Å². The van der Waals surface area contributed by atoms with Gasteiger partial charge in [-0.2, -0.15) is 0 Å². The van der Waals surface area contributed by atoms with Crippen LogP contribution in [0.15, 0.2) is 18.3 Å². The Balaban J connectivity index is 2.59. The predicted molar refractivity (Wildman–Crippen MR) is 68.3 cm³/mol. The van der Waals surface area contributed by atoms with Gasteiger partial charge in [-0.15, -0.1) is 0 Å². The molecule has 1 heterocycles. The van der Waals surface area contributed by atoms with E-state index in [1.807, 2.05) is 19.1 Å². The molecule has 0 fully saturated rings. The molecule has 0 aromatic carbocycles. The maximum atomic E-state index is 11.6. The van der Waals surface area contributed by atoms with Gasteiger partial charge < -0.3 is 14.8 Å². The van der Waals surface area contributed by atoms with Gasteiger partial charge in [0.05, 0.1) is 13.7 Å². The molecule has 18 heavy (non-hydrogen) atoms. The van der Waals surface area contributed by atoms with Crippen LogP contribution < -0.4 is 10.1 Å². The number of esters is 1. The van der Waals surface area contributed by atoms with Crippen molar-refractivity contribution in [1.29, 1.82) is 0 Å². The molecular weight excluding hydrogens is 232 g/mol. The first-order chi connectivity index (χ1) is 8.72. The smallest absolute Gasteiger partial charge is 0.323 e. The summed E-state index contributed by atoms with van der Waals surface area (Å²) in [6.07, 6.45) is 2.35. The molecule has 1 aromatic rings. The molecule has 0 radical (unpaired) electrons. The van der Waals surface area contributed by atoms with E-state index in [0.29, 0.717) is 25.5 Å². The van der Waals surface area contributed by atoms with Crippen LogP contribution in [-0.2, 0) is 16.1 Å². The summed E-state index contributed by atoms with van der Waals surface area (Å²) in [5.74, 6) is 0.353. The highest BCUT2D eigenvalue weighted by atomic mass is 16.5. The third-order valence-electron chi connectivity index (χ3n) is 2.56. The lowest BCUT2D eigenvalue weighted by molar-refractivity contribution is -0.145. The Bertz CT molecular complexity index is 382.